The van der Waals surface area contributed by atoms with Gasteiger partial charge >= 0.3 is 5.97 Å². The quantitative estimate of drug-likeness (QED) is 0.657. The molecular formula is C14H20N2O2. The summed E-state index contributed by atoms with van der Waals surface area (Å²) in [5.41, 5.74) is 7.76. The van der Waals surface area contributed by atoms with Gasteiger partial charge in [-0.05, 0) is 31.9 Å². The molecule has 1 fully saturated rings. The first-order valence-electron chi connectivity index (χ1n) is 6.48. The Kier molecular flexibility index (Phi) is 4.07. The van der Waals surface area contributed by atoms with Crippen LogP contribution in [0.5, 0.6) is 0 Å². The van der Waals surface area contributed by atoms with Gasteiger partial charge in [-0.15, -0.1) is 0 Å². The Labute approximate surface area is 108 Å². The zero-order valence-electron chi connectivity index (χ0n) is 10.8. The molecule has 0 radical (unpaired) electrons. The number of anilines is 2. The van der Waals surface area contributed by atoms with E-state index in [0.717, 1.165) is 30.8 Å². The topological polar surface area (TPSA) is 55.6 Å². The van der Waals surface area contributed by atoms with Gasteiger partial charge in [0.25, 0.3) is 0 Å². The third-order valence-corrected chi connectivity index (χ3v) is 3.32. The van der Waals surface area contributed by atoms with Crippen LogP contribution >= 0.6 is 0 Å². The van der Waals surface area contributed by atoms with E-state index in [0.29, 0.717) is 13.2 Å². The molecule has 1 aromatic rings. The minimum atomic E-state index is -0.0864. The summed E-state index contributed by atoms with van der Waals surface area (Å²) in [6.45, 7) is 3.94. The van der Waals surface area contributed by atoms with E-state index in [4.69, 9.17) is 10.5 Å². The fraction of sp³-hybridized carbons (Fsp3) is 0.500. The second-order valence-electron chi connectivity index (χ2n) is 4.60. The van der Waals surface area contributed by atoms with Gasteiger partial charge in [-0.2, -0.15) is 0 Å². The molecule has 0 amide bonds. The average molecular weight is 248 g/mol. The number of hydrogen-bond donors (Lipinski definition) is 1. The maximum Gasteiger partial charge on any atom is 0.310 e. The SMILES string of the molecule is CCOC(=O)[C@H]1CCCN(c2ccccc2N)C1. The number of hydrogen-bond acceptors (Lipinski definition) is 4. The van der Waals surface area contributed by atoms with Crippen LogP contribution < -0.4 is 10.6 Å². The molecule has 2 N–H and O–H groups in total. The van der Waals surface area contributed by atoms with E-state index in [1.54, 1.807) is 0 Å². The summed E-state index contributed by atoms with van der Waals surface area (Å²) in [6, 6.07) is 7.79. The lowest BCUT2D eigenvalue weighted by molar-refractivity contribution is -0.148. The number of para-hydroxylation sites is 2. The summed E-state index contributed by atoms with van der Waals surface area (Å²) in [6.07, 6.45) is 1.90. The molecule has 4 nitrogen and oxygen atoms in total. The molecule has 1 saturated heterocycles. The van der Waals surface area contributed by atoms with Crippen molar-refractivity contribution in [2.45, 2.75) is 19.8 Å². The van der Waals surface area contributed by atoms with Crippen molar-refractivity contribution in [1.29, 1.82) is 0 Å². The maximum absolute atomic E-state index is 11.8. The van der Waals surface area contributed by atoms with Crippen molar-refractivity contribution >= 4 is 17.3 Å². The molecule has 2 rings (SSSR count). The third kappa shape index (κ3) is 2.75. The lowest BCUT2D eigenvalue weighted by atomic mass is 9.97. The Morgan fingerprint density at radius 3 is 3.00 bits per heavy atom. The third-order valence-electron chi connectivity index (χ3n) is 3.32. The van der Waals surface area contributed by atoms with Gasteiger partial charge in [-0.25, -0.2) is 0 Å². The van der Waals surface area contributed by atoms with Crippen LogP contribution in [0.2, 0.25) is 0 Å². The molecular weight excluding hydrogens is 228 g/mol. The lowest BCUT2D eigenvalue weighted by Gasteiger charge is -2.33. The van der Waals surface area contributed by atoms with Gasteiger partial charge in [0.15, 0.2) is 0 Å². The summed E-state index contributed by atoms with van der Waals surface area (Å²) in [5.74, 6) is -0.116. The van der Waals surface area contributed by atoms with Crippen LogP contribution in [-0.2, 0) is 9.53 Å². The lowest BCUT2D eigenvalue weighted by Crippen LogP contribution is -2.39. The normalized spacial score (nSPS) is 19.6. The predicted octanol–water partition coefficient (Wildman–Crippen LogP) is 2.05. The minimum Gasteiger partial charge on any atom is -0.466 e. The number of ether oxygens (including phenoxy) is 1. The minimum absolute atomic E-state index is 0.0293. The second kappa shape index (κ2) is 5.76. The van der Waals surface area contributed by atoms with E-state index in [2.05, 4.69) is 4.90 Å². The monoisotopic (exact) mass is 248 g/mol. The van der Waals surface area contributed by atoms with Crippen molar-refractivity contribution in [3.8, 4) is 0 Å². The molecule has 0 bridgehead atoms. The van der Waals surface area contributed by atoms with Gasteiger partial charge < -0.3 is 15.4 Å². The molecule has 1 aliphatic rings. The number of nitrogen functional groups attached to an aromatic ring is 1. The van der Waals surface area contributed by atoms with Crippen molar-refractivity contribution in [2.75, 3.05) is 30.3 Å². The largest absolute Gasteiger partial charge is 0.466 e. The number of piperidine rings is 1. The standard InChI is InChI=1S/C14H20N2O2/c1-2-18-14(17)11-6-5-9-16(10-11)13-8-4-3-7-12(13)15/h3-4,7-8,11H,2,5-6,9-10,15H2,1H3/t11-/m0/s1. The van der Waals surface area contributed by atoms with Crippen molar-refractivity contribution in [1.82, 2.24) is 0 Å². The van der Waals surface area contributed by atoms with Crippen LogP contribution in [0.15, 0.2) is 24.3 Å². The summed E-state index contributed by atoms with van der Waals surface area (Å²) < 4.78 is 5.10. The number of carbonyl (C=O) groups is 1. The molecule has 0 saturated carbocycles. The van der Waals surface area contributed by atoms with Gasteiger partial charge in [0.05, 0.1) is 23.9 Å². The Morgan fingerprint density at radius 2 is 2.28 bits per heavy atom. The van der Waals surface area contributed by atoms with Crippen LogP contribution in [-0.4, -0.2) is 25.7 Å². The number of carbonyl (C=O) groups excluding carboxylic acids is 1. The molecule has 1 aliphatic heterocycles. The fourth-order valence-electron chi connectivity index (χ4n) is 2.42. The van der Waals surface area contributed by atoms with E-state index in [9.17, 15) is 4.79 Å². The zero-order valence-corrected chi connectivity index (χ0v) is 10.8. The molecule has 18 heavy (non-hydrogen) atoms. The zero-order chi connectivity index (χ0) is 13.0. The molecule has 4 heteroatoms. The van der Waals surface area contributed by atoms with E-state index in [1.807, 2.05) is 31.2 Å². The highest BCUT2D eigenvalue weighted by molar-refractivity contribution is 5.75. The maximum atomic E-state index is 11.8. The van der Waals surface area contributed by atoms with Crippen LogP contribution in [0.25, 0.3) is 0 Å². The number of esters is 1. The van der Waals surface area contributed by atoms with Crippen molar-refractivity contribution in [2.24, 2.45) is 5.92 Å². The molecule has 98 valence electrons. The Bertz CT molecular complexity index is 420. The molecule has 1 atom stereocenters. The first-order valence-corrected chi connectivity index (χ1v) is 6.48. The molecule has 1 heterocycles. The Morgan fingerprint density at radius 1 is 1.50 bits per heavy atom. The van der Waals surface area contributed by atoms with Crippen molar-refractivity contribution in [3.63, 3.8) is 0 Å². The van der Waals surface area contributed by atoms with Crippen molar-refractivity contribution in [3.05, 3.63) is 24.3 Å². The first kappa shape index (κ1) is 12.7. The number of benzene rings is 1. The summed E-state index contributed by atoms with van der Waals surface area (Å²) in [7, 11) is 0. The van der Waals surface area contributed by atoms with E-state index < -0.39 is 0 Å². The summed E-state index contributed by atoms with van der Waals surface area (Å²) >= 11 is 0. The predicted molar refractivity (Wildman–Crippen MR) is 72.4 cm³/mol. The van der Waals surface area contributed by atoms with Gasteiger partial charge in [-0.1, -0.05) is 12.1 Å². The summed E-state index contributed by atoms with van der Waals surface area (Å²) in [5, 5.41) is 0. The van der Waals surface area contributed by atoms with Crippen LogP contribution in [0.3, 0.4) is 0 Å². The van der Waals surface area contributed by atoms with Crippen LogP contribution in [0, 0.1) is 5.92 Å². The highest BCUT2D eigenvalue weighted by atomic mass is 16.5. The van der Waals surface area contributed by atoms with Gasteiger partial charge in [0.2, 0.25) is 0 Å². The van der Waals surface area contributed by atoms with Gasteiger partial charge in [0, 0.05) is 13.1 Å². The van der Waals surface area contributed by atoms with Gasteiger partial charge in [0.1, 0.15) is 0 Å². The number of rotatable bonds is 3. The summed E-state index contributed by atoms with van der Waals surface area (Å²) in [4.78, 5) is 14.0. The Hall–Kier alpha value is -1.71. The smallest absolute Gasteiger partial charge is 0.310 e. The van der Waals surface area contributed by atoms with E-state index in [1.165, 1.54) is 0 Å². The number of nitrogens with zero attached hydrogens (tertiary/aromatic N) is 1. The molecule has 0 unspecified atom stereocenters. The fourth-order valence-corrected chi connectivity index (χ4v) is 2.42. The average Bonchev–Trinajstić information content (AvgIpc) is 2.40. The van der Waals surface area contributed by atoms with E-state index >= 15 is 0 Å². The Balaban J connectivity index is 2.07. The molecule has 0 aliphatic carbocycles. The highest BCUT2D eigenvalue weighted by Crippen LogP contribution is 2.28. The van der Waals surface area contributed by atoms with Crippen LogP contribution in [0.4, 0.5) is 11.4 Å². The van der Waals surface area contributed by atoms with Crippen LogP contribution in [0.1, 0.15) is 19.8 Å². The van der Waals surface area contributed by atoms with E-state index in [-0.39, 0.29) is 11.9 Å². The second-order valence-corrected chi connectivity index (χ2v) is 4.60. The highest BCUT2D eigenvalue weighted by Gasteiger charge is 2.27. The number of nitrogens with two attached hydrogens (primary N) is 1. The molecule has 1 aromatic carbocycles. The molecule has 0 aromatic heterocycles. The van der Waals surface area contributed by atoms with Gasteiger partial charge in [-0.3, -0.25) is 4.79 Å². The van der Waals surface area contributed by atoms with Crippen molar-refractivity contribution < 1.29 is 9.53 Å². The molecule has 0 spiro atoms. The first-order chi connectivity index (χ1) is 8.72.